The first-order valence-electron chi connectivity index (χ1n) is 5.99. The van der Waals surface area contributed by atoms with E-state index in [1.807, 2.05) is 0 Å². The maximum Gasteiger partial charge on any atom is 0.312 e. The van der Waals surface area contributed by atoms with E-state index in [-0.39, 0.29) is 18.3 Å². The summed E-state index contributed by atoms with van der Waals surface area (Å²) in [5.74, 6) is -0.892. The maximum atomic E-state index is 13.4. The van der Waals surface area contributed by atoms with Gasteiger partial charge in [0.1, 0.15) is 11.9 Å². The zero-order valence-corrected chi connectivity index (χ0v) is 10.9. The molecular formula is C13H18FN3O2. The van der Waals surface area contributed by atoms with E-state index in [9.17, 15) is 14.0 Å². The molecule has 4 N–H and O–H groups in total. The van der Waals surface area contributed by atoms with Gasteiger partial charge in [0, 0.05) is 12.1 Å². The highest BCUT2D eigenvalue weighted by molar-refractivity contribution is 5.86. The summed E-state index contributed by atoms with van der Waals surface area (Å²) in [7, 11) is 0. The Morgan fingerprint density at radius 2 is 1.95 bits per heavy atom. The quantitative estimate of drug-likeness (QED) is 0.747. The fraction of sp³-hybridized carbons (Fsp3) is 0.385. The molecule has 1 atom stereocenters. The van der Waals surface area contributed by atoms with Gasteiger partial charge >= 0.3 is 6.03 Å². The molecule has 0 saturated heterocycles. The number of amides is 3. The molecule has 1 aromatic carbocycles. The molecule has 104 valence electrons. The standard InChI is InChI=1S/C13H18FN3O2/c1-8(2)11(17-13(15)19)12(18)16-7-9-5-3-4-6-10(9)14/h3-6,8,11H,7H2,1-2H3,(H,16,18)(H3,15,17,19)/t11-/m0/s1. The Labute approximate surface area is 111 Å². The molecule has 0 heterocycles. The van der Waals surface area contributed by atoms with Gasteiger partial charge in [0.25, 0.3) is 0 Å². The van der Waals surface area contributed by atoms with E-state index in [1.165, 1.54) is 6.07 Å². The fourth-order valence-corrected chi connectivity index (χ4v) is 1.62. The van der Waals surface area contributed by atoms with Gasteiger partial charge in [-0.25, -0.2) is 9.18 Å². The average molecular weight is 267 g/mol. The van der Waals surface area contributed by atoms with Gasteiger partial charge in [-0.3, -0.25) is 4.79 Å². The smallest absolute Gasteiger partial charge is 0.312 e. The van der Waals surface area contributed by atoms with Gasteiger partial charge in [-0.15, -0.1) is 0 Å². The van der Waals surface area contributed by atoms with E-state index in [1.54, 1.807) is 32.0 Å². The van der Waals surface area contributed by atoms with Crippen molar-refractivity contribution < 1.29 is 14.0 Å². The lowest BCUT2D eigenvalue weighted by molar-refractivity contribution is -0.124. The predicted molar refractivity (Wildman–Crippen MR) is 69.6 cm³/mol. The molecule has 0 saturated carbocycles. The van der Waals surface area contributed by atoms with Crippen LogP contribution in [0.1, 0.15) is 19.4 Å². The number of hydrogen-bond donors (Lipinski definition) is 3. The van der Waals surface area contributed by atoms with Gasteiger partial charge in [0.2, 0.25) is 5.91 Å². The topological polar surface area (TPSA) is 84.2 Å². The van der Waals surface area contributed by atoms with Crippen LogP contribution in [0.2, 0.25) is 0 Å². The highest BCUT2D eigenvalue weighted by Crippen LogP contribution is 2.07. The van der Waals surface area contributed by atoms with Crippen LogP contribution in [0.25, 0.3) is 0 Å². The molecule has 0 radical (unpaired) electrons. The van der Waals surface area contributed by atoms with Crippen LogP contribution in [0, 0.1) is 11.7 Å². The molecule has 0 fully saturated rings. The number of halogens is 1. The Balaban J connectivity index is 2.63. The second kappa shape index (κ2) is 6.72. The Bertz CT molecular complexity index is 463. The van der Waals surface area contributed by atoms with Crippen molar-refractivity contribution in [2.24, 2.45) is 11.7 Å². The number of nitrogens with two attached hydrogens (primary N) is 1. The van der Waals surface area contributed by atoms with Crippen molar-refractivity contribution in [2.75, 3.05) is 0 Å². The molecule has 5 nitrogen and oxygen atoms in total. The average Bonchev–Trinajstić information content (AvgIpc) is 2.34. The number of rotatable bonds is 5. The van der Waals surface area contributed by atoms with Gasteiger partial charge < -0.3 is 16.4 Å². The number of carbonyl (C=O) groups is 2. The summed E-state index contributed by atoms with van der Waals surface area (Å²) in [6.07, 6.45) is 0. The van der Waals surface area contributed by atoms with Crippen molar-refractivity contribution in [3.63, 3.8) is 0 Å². The first-order valence-corrected chi connectivity index (χ1v) is 5.99. The van der Waals surface area contributed by atoms with Crippen molar-refractivity contribution in [1.82, 2.24) is 10.6 Å². The van der Waals surface area contributed by atoms with Crippen LogP contribution in [-0.2, 0) is 11.3 Å². The number of benzene rings is 1. The van der Waals surface area contributed by atoms with Crippen molar-refractivity contribution in [3.05, 3.63) is 35.6 Å². The molecule has 1 rings (SSSR count). The van der Waals surface area contributed by atoms with E-state index in [0.29, 0.717) is 5.56 Å². The van der Waals surface area contributed by atoms with Gasteiger partial charge in [-0.05, 0) is 12.0 Å². The molecule has 0 unspecified atom stereocenters. The highest BCUT2D eigenvalue weighted by atomic mass is 19.1. The number of urea groups is 1. The minimum absolute atomic E-state index is 0.0647. The lowest BCUT2D eigenvalue weighted by Crippen LogP contribution is -2.51. The van der Waals surface area contributed by atoms with Crippen molar-refractivity contribution >= 4 is 11.9 Å². The number of nitrogens with one attached hydrogen (secondary N) is 2. The van der Waals surface area contributed by atoms with Crippen LogP contribution in [0.15, 0.2) is 24.3 Å². The van der Waals surface area contributed by atoms with Gasteiger partial charge in [-0.1, -0.05) is 32.0 Å². The summed E-state index contributed by atoms with van der Waals surface area (Å²) in [5, 5.41) is 4.94. The van der Waals surface area contributed by atoms with E-state index < -0.39 is 18.0 Å². The van der Waals surface area contributed by atoms with E-state index >= 15 is 0 Å². The molecule has 3 amide bonds. The maximum absolute atomic E-state index is 13.4. The third-order valence-corrected chi connectivity index (χ3v) is 2.66. The lowest BCUT2D eigenvalue weighted by Gasteiger charge is -2.20. The normalized spacial score (nSPS) is 12.0. The molecule has 0 spiro atoms. The van der Waals surface area contributed by atoms with Gasteiger partial charge in [0.05, 0.1) is 0 Å². The lowest BCUT2D eigenvalue weighted by atomic mass is 10.0. The fourth-order valence-electron chi connectivity index (χ4n) is 1.62. The minimum Gasteiger partial charge on any atom is -0.352 e. The van der Waals surface area contributed by atoms with Crippen LogP contribution in [-0.4, -0.2) is 18.0 Å². The van der Waals surface area contributed by atoms with Crippen molar-refractivity contribution in [3.8, 4) is 0 Å². The van der Waals surface area contributed by atoms with Crippen LogP contribution in [0.4, 0.5) is 9.18 Å². The summed E-state index contributed by atoms with van der Waals surface area (Å²) in [5.41, 5.74) is 5.40. The van der Waals surface area contributed by atoms with Crippen molar-refractivity contribution in [1.29, 1.82) is 0 Å². The molecule has 0 aliphatic carbocycles. The Morgan fingerprint density at radius 1 is 1.32 bits per heavy atom. The third kappa shape index (κ3) is 4.57. The SMILES string of the molecule is CC(C)[C@H](NC(N)=O)C(=O)NCc1ccccc1F. The predicted octanol–water partition coefficient (Wildman–Crippen LogP) is 1.13. The minimum atomic E-state index is -0.764. The van der Waals surface area contributed by atoms with Crippen molar-refractivity contribution in [2.45, 2.75) is 26.4 Å². The van der Waals surface area contributed by atoms with Crippen LogP contribution in [0.3, 0.4) is 0 Å². The molecule has 0 aliphatic heterocycles. The van der Waals surface area contributed by atoms with E-state index in [0.717, 1.165) is 0 Å². The number of carbonyl (C=O) groups excluding carboxylic acids is 2. The van der Waals surface area contributed by atoms with Gasteiger partial charge in [0.15, 0.2) is 0 Å². The summed E-state index contributed by atoms with van der Waals surface area (Å²) in [4.78, 5) is 22.7. The zero-order chi connectivity index (χ0) is 14.4. The second-order valence-corrected chi connectivity index (χ2v) is 4.54. The zero-order valence-electron chi connectivity index (χ0n) is 10.9. The third-order valence-electron chi connectivity index (χ3n) is 2.66. The molecule has 0 bridgehead atoms. The number of hydrogen-bond acceptors (Lipinski definition) is 2. The molecular weight excluding hydrogens is 249 g/mol. The van der Waals surface area contributed by atoms with E-state index in [4.69, 9.17) is 5.73 Å². The highest BCUT2D eigenvalue weighted by Gasteiger charge is 2.23. The Morgan fingerprint density at radius 3 is 2.47 bits per heavy atom. The van der Waals surface area contributed by atoms with Gasteiger partial charge in [-0.2, -0.15) is 0 Å². The van der Waals surface area contributed by atoms with Crippen LogP contribution < -0.4 is 16.4 Å². The molecule has 0 aliphatic rings. The largest absolute Gasteiger partial charge is 0.352 e. The first kappa shape index (κ1) is 14.9. The summed E-state index contributed by atoms with van der Waals surface area (Å²) in [6.45, 7) is 3.63. The summed E-state index contributed by atoms with van der Waals surface area (Å²) in [6, 6.07) is 4.67. The second-order valence-electron chi connectivity index (χ2n) is 4.54. The Kier molecular flexibility index (Phi) is 5.29. The van der Waals surface area contributed by atoms with Crippen LogP contribution >= 0.6 is 0 Å². The van der Waals surface area contributed by atoms with E-state index in [2.05, 4.69) is 10.6 Å². The molecule has 1 aromatic rings. The van der Waals surface area contributed by atoms with Crippen LogP contribution in [0.5, 0.6) is 0 Å². The monoisotopic (exact) mass is 267 g/mol. The first-order chi connectivity index (χ1) is 8.91. The number of primary amides is 1. The molecule has 0 aromatic heterocycles. The summed E-state index contributed by atoms with van der Waals surface area (Å²) < 4.78 is 13.4. The summed E-state index contributed by atoms with van der Waals surface area (Å²) >= 11 is 0. The molecule has 19 heavy (non-hydrogen) atoms. The molecule has 6 heteroatoms. The Hall–Kier alpha value is -2.11.